The summed E-state index contributed by atoms with van der Waals surface area (Å²) in [6, 6.07) is 8.63. The molecule has 0 aliphatic carbocycles. The first-order valence-electron chi connectivity index (χ1n) is 9.12. The van der Waals surface area contributed by atoms with Gasteiger partial charge >= 0.3 is 6.09 Å². The summed E-state index contributed by atoms with van der Waals surface area (Å²) in [5.74, 6) is 0.903. The number of hydrogen-bond acceptors (Lipinski definition) is 6. The quantitative estimate of drug-likeness (QED) is 0.827. The van der Waals surface area contributed by atoms with Gasteiger partial charge in [0.1, 0.15) is 0 Å². The third-order valence-corrected chi connectivity index (χ3v) is 4.78. The molecule has 0 bridgehead atoms. The summed E-state index contributed by atoms with van der Waals surface area (Å²) in [5, 5.41) is 2.88. The Labute approximate surface area is 169 Å². The first kappa shape index (κ1) is 20.3. The summed E-state index contributed by atoms with van der Waals surface area (Å²) in [6.45, 7) is 0.608. The third-order valence-electron chi connectivity index (χ3n) is 4.78. The number of methoxy groups -OCH3 is 4. The van der Waals surface area contributed by atoms with Crippen molar-refractivity contribution in [2.45, 2.75) is 12.8 Å². The number of rotatable bonds is 5. The highest BCUT2D eigenvalue weighted by molar-refractivity contribution is 6.05. The lowest BCUT2D eigenvalue weighted by atomic mass is 10.0. The van der Waals surface area contributed by atoms with Crippen LogP contribution in [0, 0.1) is 0 Å². The minimum atomic E-state index is -0.389. The van der Waals surface area contributed by atoms with Crippen LogP contribution in [0.3, 0.4) is 0 Å². The Bertz CT molecular complexity index is 902. The van der Waals surface area contributed by atoms with Crippen LogP contribution in [0.2, 0.25) is 0 Å². The number of nitrogens with one attached hydrogen (secondary N) is 1. The molecule has 2 amide bonds. The second-order valence-corrected chi connectivity index (χ2v) is 6.44. The molecule has 0 saturated heterocycles. The molecule has 0 saturated carbocycles. The number of benzene rings is 2. The summed E-state index contributed by atoms with van der Waals surface area (Å²) in [6.07, 6.45) is 1.25. The molecule has 1 aliphatic heterocycles. The highest BCUT2D eigenvalue weighted by Crippen LogP contribution is 2.38. The number of amides is 2. The predicted octanol–water partition coefficient (Wildman–Crippen LogP) is 3.48. The van der Waals surface area contributed by atoms with Gasteiger partial charge in [0.05, 0.1) is 34.1 Å². The van der Waals surface area contributed by atoms with Gasteiger partial charge < -0.3 is 24.3 Å². The number of anilines is 2. The number of carbonyl (C=O) groups is 2. The molecule has 3 rings (SSSR count). The zero-order chi connectivity index (χ0) is 21.0. The van der Waals surface area contributed by atoms with Crippen molar-refractivity contribution in [3.8, 4) is 17.2 Å². The molecule has 2 aromatic carbocycles. The van der Waals surface area contributed by atoms with Crippen LogP contribution in [0.4, 0.5) is 16.2 Å². The normalized spacial score (nSPS) is 12.6. The molecule has 0 radical (unpaired) electrons. The number of hydrogen-bond donors (Lipinski definition) is 1. The van der Waals surface area contributed by atoms with Gasteiger partial charge in [0.25, 0.3) is 5.91 Å². The molecule has 1 N–H and O–H groups in total. The summed E-state index contributed by atoms with van der Waals surface area (Å²) in [4.78, 5) is 26.3. The van der Waals surface area contributed by atoms with E-state index in [1.807, 2.05) is 12.1 Å². The molecule has 0 aromatic heterocycles. The van der Waals surface area contributed by atoms with Gasteiger partial charge in [0, 0.05) is 17.8 Å². The standard InChI is InChI=1S/C21H24N2O6/c1-26-17-11-14(12-18(27-2)19(17)28-3)20(24)22-15-7-8-16-13(10-15)6-5-9-23(16)21(25)29-4/h7-8,10-12H,5-6,9H2,1-4H3,(H,22,24). The van der Waals surface area contributed by atoms with Crippen molar-refractivity contribution in [1.82, 2.24) is 0 Å². The van der Waals surface area contributed by atoms with E-state index >= 15 is 0 Å². The van der Waals surface area contributed by atoms with E-state index in [1.54, 1.807) is 23.1 Å². The van der Waals surface area contributed by atoms with Gasteiger partial charge in [-0.2, -0.15) is 0 Å². The van der Waals surface area contributed by atoms with Gasteiger partial charge in [-0.05, 0) is 48.7 Å². The van der Waals surface area contributed by atoms with E-state index < -0.39 is 0 Å². The molecular formula is C21H24N2O6. The smallest absolute Gasteiger partial charge is 0.414 e. The Morgan fingerprint density at radius 1 is 0.966 bits per heavy atom. The van der Waals surface area contributed by atoms with Crippen LogP contribution in [-0.4, -0.2) is 47.0 Å². The van der Waals surface area contributed by atoms with Gasteiger partial charge in [0.2, 0.25) is 5.75 Å². The lowest BCUT2D eigenvalue weighted by Crippen LogP contribution is -2.35. The van der Waals surface area contributed by atoms with Crippen molar-refractivity contribution < 1.29 is 28.5 Å². The molecule has 29 heavy (non-hydrogen) atoms. The molecule has 1 aliphatic rings. The Balaban J connectivity index is 1.86. The number of ether oxygens (including phenoxy) is 4. The van der Waals surface area contributed by atoms with Crippen molar-refractivity contribution >= 4 is 23.4 Å². The van der Waals surface area contributed by atoms with Crippen molar-refractivity contribution in [3.05, 3.63) is 41.5 Å². The fourth-order valence-electron chi connectivity index (χ4n) is 3.39. The van der Waals surface area contributed by atoms with E-state index in [1.165, 1.54) is 28.4 Å². The van der Waals surface area contributed by atoms with E-state index in [0.29, 0.717) is 35.0 Å². The fraction of sp³-hybridized carbons (Fsp3) is 0.333. The van der Waals surface area contributed by atoms with E-state index in [9.17, 15) is 9.59 Å². The lowest BCUT2D eigenvalue weighted by molar-refractivity contribution is 0.102. The van der Waals surface area contributed by atoms with Crippen LogP contribution in [0.15, 0.2) is 30.3 Å². The number of aryl methyl sites for hydroxylation is 1. The molecular weight excluding hydrogens is 376 g/mol. The molecule has 8 nitrogen and oxygen atoms in total. The summed E-state index contributed by atoms with van der Waals surface area (Å²) < 4.78 is 20.7. The second kappa shape index (κ2) is 8.72. The van der Waals surface area contributed by atoms with Gasteiger partial charge in [-0.3, -0.25) is 9.69 Å². The zero-order valence-electron chi connectivity index (χ0n) is 16.9. The van der Waals surface area contributed by atoms with Crippen LogP contribution in [0.25, 0.3) is 0 Å². The SMILES string of the molecule is COC(=O)N1CCCc2cc(NC(=O)c3cc(OC)c(OC)c(OC)c3)ccc21. The average molecular weight is 400 g/mol. The highest BCUT2D eigenvalue weighted by Gasteiger charge is 2.24. The van der Waals surface area contributed by atoms with Crippen LogP contribution in [0.1, 0.15) is 22.3 Å². The summed E-state index contributed by atoms with van der Waals surface area (Å²) in [5.41, 5.74) is 2.78. The lowest BCUT2D eigenvalue weighted by Gasteiger charge is -2.28. The van der Waals surface area contributed by atoms with Crippen molar-refractivity contribution in [2.24, 2.45) is 0 Å². The molecule has 0 unspecified atom stereocenters. The summed E-state index contributed by atoms with van der Waals surface area (Å²) >= 11 is 0. The number of nitrogens with zero attached hydrogens (tertiary/aromatic N) is 1. The number of fused-ring (bicyclic) bond motifs is 1. The zero-order valence-corrected chi connectivity index (χ0v) is 16.9. The third kappa shape index (κ3) is 4.06. The Morgan fingerprint density at radius 3 is 2.24 bits per heavy atom. The molecule has 2 aromatic rings. The average Bonchev–Trinajstić information content (AvgIpc) is 2.76. The van der Waals surface area contributed by atoms with Crippen molar-refractivity contribution in [2.75, 3.05) is 45.2 Å². The maximum absolute atomic E-state index is 12.8. The van der Waals surface area contributed by atoms with E-state index in [0.717, 1.165) is 24.1 Å². The molecule has 0 fully saturated rings. The topological polar surface area (TPSA) is 86.3 Å². The van der Waals surface area contributed by atoms with Gasteiger partial charge in [-0.25, -0.2) is 4.79 Å². The second-order valence-electron chi connectivity index (χ2n) is 6.44. The van der Waals surface area contributed by atoms with E-state index in [4.69, 9.17) is 18.9 Å². The van der Waals surface area contributed by atoms with Gasteiger partial charge in [-0.1, -0.05) is 0 Å². The van der Waals surface area contributed by atoms with E-state index in [-0.39, 0.29) is 12.0 Å². The maximum atomic E-state index is 12.8. The largest absolute Gasteiger partial charge is 0.493 e. The van der Waals surface area contributed by atoms with Crippen LogP contribution < -0.4 is 24.4 Å². The molecule has 8 heteroatoms. The minimum Gasteiger partial charge on any atom is -0.493 e. The molecule has 1 heterocycles. The highest BCUT2D eigenvalue weighted by atomic mass is 16.5. The Kier molecular flexibility index (Phi) is 6.11. The van der Waals surface area contributed by atoms with Gasteiger partial charge in [0.15, 0.2) is 11.5 Å². The predicted molar refractivity (Wildman–Crippen MR) is 109 cm³/mol. The van der Waals surface area contributed by atoms with E-state index in [2.05, 4.69) is 5.32 Å². The van der Waals surface area contributed by atoms with Gasteiger partial charge in [-0.15, -0.1) is 0 Å². The fourth-order valence-corrected chi connectivity index (χ4v) is 3.39. The molecule has 0 atom stereocenters. The Morgan fingerprint density at radius 2 is 1.66 bits per heavy atom. The first-order chi connectivity index (χ1) is 14.0. The first-order valence-corrected chi connectivity index (χ1v) is 9.12. The number of carbonyl (C=O) groups excluding carboxylic acids is 2. The van der Waals surface area contributed by atoms with Crippen LogP contribution in [-0.2, 0) is 11.2 Å². The van der Waals surface area contributed by atoms with Crippen molar-refractivity contribution in [1.29, 1.82) is 0 Å². The monoisotopic (exact) mass is 400 g/mol. The molecule has 0 spiro atoms. The van der Waals surface area contributed by atoms with Crippen LogP contribution >= 0.6 is 0 Å². The maximum Gasteiger partial charge on any atom is 0.414 e. The van der Waals surface area contributed by atoms with Crippen LogP contribution in [0.5, 0.6) is 17.2 Å². The van der Waals surface area contributed by atoms with Crippen molar-refractivity contribution in [3.63, 3.8) is 0 Å². The molecule has 154 valence electrons. The summed E-state index contributed by atoms with van der Waals surface area (Å²) in [7, 11) is 5.86. The minimum absolute atomic E-state index is 0.315. The Hall–Kier alpha value is -3.42.